The normalized spacial score (nSPS) is 48.3. The molecular formula is C7H13NO. The highest BCUT2D eigenvalue weighted by Gasteiger charge is 2.47. The summed E-state index contributed by atoms with van der Waals surface area (Å²) in [7, 11) is 0. The second kappa shape index (κ2) is 1.96. The molecule has 0 aromatic carbocycles. The van der Waals surface area contributed by atoms with Crippen LogP contribution in [0.25, 0.3) is 0 Å². The lowest BCUT2D eigenvalue weighted by Gasteiger charge is -2.09. The van der Waals surface area contributed by atoms with Crippen LogP contribution in [0.1, 0.15) is 13.3 Å². The van der Waals surface area contributed by atoms with Gasteiger partial charge in [0.25, 0.3) is 0 Å². The van der Waals surface area contributed by atoms with Gasteiger partial charge in [-0.25, -0.2) is 0 Å². The van der Waals surface area contributed by atoms with Gasteiger partial charge in [0.05, 0.1) is 13.2 Å². The molecule has 0 aliphatic carbocycles. The number of hydrogen-bond donors (Lipinski definition) is 0. The molecule has 0 spiro atoms. The molecule has 3 unspecified atom stereocenters. The van der Waals surface area contributed by atoms with Crippen LogP contribution in [-0.4, -0.2) is 36.7 Å². The van der Waals surface area contributed by atoms with Crippen LogP contribution >= 0.6 is 0 Å². The van der Waals surface area contributed by atoms with E-state index in [4.69, 9.17) is 4.74 Å². The van der Waals surface area contributed by atoms with E-state index in [9.17, 15) is 0 Å². The van der Waals surface area contributed by atoms with Gasteiger partial charge in [0, 0.05) is 18.6 Å². The molecule has 0 aromatic rings. The average Bonchev–Trinajstić information content (AvgIpc) is 2.60. The van der Waals surface area contributed by atoms with Gasteiger partial charge in [-0.05, 0) is 6.42 Å². The second-order valence-electron chi connectivity index (χ2n) is 2.86. The quantitative estimate of drug-likeness (QED) is 0.475. The third kappa shape index (κ3) is 0.775. The predicted molar refractivity (Wildman–Crippen MR) is 35.4 cm³/mol. The molecule has 0 N–H and O–H groups in total. The Morgan fingerprint density at radius 1 is 1.67 bits per heavy atom. The van der Waals surface area contributed by atoms with Crippen LogP contribution < -0.4 is 0 Å². The van der Waals surface area contributed by atoms with E-state index >= 15 is 0 Å². The van der Waals surface area contributed by atoms with Gasteiger partial charge in [0.15, 0.2) is 0 Å². The standard InChI is InChI=1S/C7H13NO/c1-2-6-7-5-9-4-3-8(6)7/h6-7H,2-5H2,1H3. The largest absolute Gasteiger partial charge is 0.378 e. The SMILES string of the molecule is CCC1C2COCCN12. The fraction of sp³-hybridized carbons (Fsp3) is 1.00. The first-order valence-electron chi connectivity index (χ1n) is 3.77. The zero-order chi connectivity index (χ0) is 6.27. The molecule has 0 radical (unpaired) electrons. The third-order valence-corrected chi connectivity index (χ3v) is 2.41. The van der Waals surface area contributed by atoms with Crippen molar-refractivity contribution in [1.29, 1.82) is 0 Å². The monoisotopic (exact) mass is 127 g/mol. The zero-order valence-electron chi connectivity index (χ0n) is 5.84. The first-order chi connectivity index (χ1) is 4.43. The van der Waals surface area contributed by atoms with Crippen molar-refractivity contribution in [2.75, 3.05) is 19.8 Å². The van der Waals surface area contributed by atoms with Crippen molar-refractivity contribution in [3.8, 4) is 0 Å². The van der Waals surface area contributed by atoms with Crippen molar-refractivity contribution in [2.24, 2.45) is 0 Å². The molecule has 2 aliphatic rings. The van der Waals surface area contributed by atoms with E-state index in [2.05, 4.69) is 11.8 Å². The van der Waals surface area contributed by atoms with E-state index in [1.54, 1.807) is 0 Å². The molecule has 2 heteroatoms. The van der Waals surface area contributed by atoms with Crippen LogP contribution in [0, 0.1) is 0 Å². The lowest BCUT2D eigenvalue weighted by atomic mass is 10.3. The first kappa shape index (κ1) is 5.69. The van der Waals surface area contributed by atoms with E-state index < -0.39 is 0 Å². The van der Waals surface area contributed by atoms with Gasteiger partial charge in [-0.2, -0.15) is 0 Å². The van der Waals surface area contributed by atoms with Crippen LogP contribution in [0.5, 0.6) is 0 Å². The van der Waals surface area contributed by atoms with Gasteiger partial charge >= 0.3 is 0 Å². The summed E-state index contributed by atoms with van der Waals surface area (Å²) >= 11 is 0. The molecule has 2 nitrogen and oxygen atoms in total. The van der Waals surface area contributed by atoms with Gasteiger partial charge in [-0.3, -0.25) is 4.90 Å². The summed E-state index contributed by atoms with van der Waals surface area (Å²) in [5.74, 6) is 0. The highest BCUT2D eigenvalue weighted by molar-refractivity contribution is 5.02. The van der Waals surface area contributed by atoms with Gasteiger partial charge in [-0.1, -0.05) is 6.92 Å². The molecule has 2 heterocycles. The maximum atomic E-state index is 5.31. The Morgan fingerprint density at radius 3 is 3.11 bits per heavy atom. The molecule has 2 aliphatic heterocycles. The van der Waals surface area contributed by atoms with Crippen LogP contribution in [0.15, 0.2) is 0 Å². The summed E-state index contributed by atoms with van der Waals surface area (Å²) in [4.78, 5) is 2.53. The Labute approximate surface area is 55.8 Å². The maximum absolute atomic E-state index is 5.31. The Morgan fingerprint density at radius 2 is 2.56 bits per heavy atom. The summed E-state index contributed by atoms with van der Waals surface area (Å²) in [6, 6.07) is 1.66. The number of nitrogens with zero attached hydrogens (tertiary/aromatic N) is 1. The van der Waals surface area contributed by atoms with E-state index in [1.807, 2.05) is 0 Å². The maximum Gasteiger partial charge on any atom is 0.0637 e. The van der Waals surface area contributed by atoms with Crippen LogP contribution in [0.3, 0.4) is 0 Å². The second-order valence-corrected chi connectivity index (χ2v) is 2.86. The lowest BCUT2D eigenvalue weighted by Crippen LogP contribution is -2.20. The molecule has 9 heavy (non-hydrogen) atoms. The first-order valence-corrected chi connectivity index (χ1v) is 3.77. The molecule has 0 amide bonds. The fourth-order valence-corrected chi connectivity index (χ4v) is 1.81. The Bertz CT molecular complexity index is 96.7. The smallest absolute Gasteiger partial charge is 0.0637 e. The summed E-state index contributed by atoms with van der Waals surface area (Å²) in [6.07, 6.45) is 1.30. The Balaban J connectivity index is 1.91. The van der Waals surface area contributed by atoms with Crippen LogP contribution in [0.2, 0.25) is 0 Å². The molecule has 0 aromatic heterocycles. The van der Waals surface area contributed by atoms with Crippen molar-refractivity contribution in [3.05, 3.63) is 0 Å². The minimum atomic E-state index is 0.795. The van der Waals surface area contributed by atoms with E-state index in [-0.39, 0.29) is 0 Å². The topological polar surface area (TPSA) is 12.2 Å². The van der Waals surface area contributed by atoms with Gasteiger partial charge in [0.1, 0.15) is 0 Å². The van der Waals surface area contributed by atoms with E-state index in [0.29, 0.717) is 0 Å². The molecule has 2 saturated heterocycles. The highest BCUT2D eigenvalue weighted by Crippen LogP contribution is 2.32. The molecule has 0 saturated carbocycles. The predicted octanol–water partition coefficient (Wildman–Crippen LogP) is 0.479. The third-order valence-electron chi connectivity index (χ3n) is 2.41. The number of hydrogen-bond acceptors (Lipinski definition) is 2. The van der Waals surface area contributed by atoms with Gasteiger partial charge in [0.2, 0.25) is 0 Å². The molecule has 2 fully saturated rings. The number of rotatable bonds is 1. The van der Waals surface area contributed by atoms with Crippen molar-refractivity contribution in [3.63, 3.8) is 0 Å². The van der Waals surface area contributed by atoms with Crippen molar-refractivity contribution >= 4 is 0 Å². The summed E-state index contributed by atoms with van der Waals surface area (Å²) in [6.45, 7) is 5.36. The molecule has 2 rings (SSSR count). The Hall–Kier alpha value is -0.0800. The van der Waals surface area contributed by atoms with Crippen molar-refractivity contribution < 1.29 is 4.74 Å². The van der Waals surface area contributed by atoms with E-state index in [1.165, 1.54) is 13.0 Å². The minimum absolute atomic E-state index is 0.795. The van der Waals surface area contributed by atoms with E-state index in [0.717, 1.165) is 25.3 Å². The zero-order valence-corrected chi connectivity index (χ0v) is 5.84. The molecule has 0 bridgehead atoms. The Kier molecular flexibility index (Phi) is 1.24. The van der Waals surface area contributed by atoms with Crippen molar-refractivity contribution in [1.82, 2.24) is 4.90 Å². The minimum Gasteiger partial charge on any atom is -0.378 e. The molecule has 52 valence electrons. The molecular weight excluding hydrogens is 114 g/mol. The number of ether oxygens (including phenoxy) is 1. The number of morpholine rings is 1. The highest BCUT2D eigenvalue weighted by atomic mass is 16.5. The molecule has 3 atom stereocenters. The summed E-state index contributed by atoms with van der Waals surface area (Å²) < 4.78 is 5.31. The summed E-state index contributed by atoms with van der Waals surface area (Å²) in [5, 5.41) is 0. The average molecular weight is 127 g/mol. The number of fused-ring (bicyclic) bond motifs is 1. The van der Waals surface area contributed by atoms with Crippen LogP contribution in [-0.2, 0) is 4.74 Å². The van der Waals surface area contributed by atoms with Gasteiger partial charge < -0.3 is 4.74 Å². The summed E-state index contributed by atoms with van der Waals surface area (Å²) in [5.41, 5.74) is 0. The lowest BCUT2D eigenvalue weighted by molar-refractivity contribution is 0.0873. The van der Waals surface area contributed by atoms with Gasteiger partial charge in [-0.15, -0.1) is 0 Å². The van der Waals surface area contributed by atoms with Crippen LogP contribution in [0.4, 0.5) is 0 Å². The van der Waals surface area contributed by atoms with Crippen molar-refractivity contribution in [2.45, 2.75) is 25.4 Å². The fourth-order valence-electron chi connectivity index (χ4n) is 1.81.